The van der Waals surface area contributed by atoms with Gasteiger partial charge in [-0.3, -0.25) is 10.1 Å². The Kier molecular flexibility index (Phi) is 1.69. The fourth-order valence-corrected chi connectivity index (χ4v) is 1.42. The van der Waals surface area contributed by atoms with Crippen LogP contribution in [0.2, 0.25) is 0 Å². The highest BCUT2D eigenvalue weighted by atomic mass is 15.2. The zero-order valence-electron chi connectivity index (χ0n) is 7.70. The molecule has 0 fully saturated rings. The summed E-state index contributed by atoms with van der Waals surface area (Å²) in [6, 6.07) is 1.88. The van der Waals surface area contributed by atoms with Crippen LogP contribution in [0.3, 0.4) is 0 Å². The van der Waals surface area contributed by atoms with Crippen LogP contribution in [0.4, 0.5) is 5.82 Å². The maximum atomic E-state index is 5.68. The van der Waals surface area contributed by atoms with Crippen LogP contribution in [0.25, 0.3) is 10.9 Å². The van der Waals surface area contributed by atoms with E-state index < -0.39 is 0 Å². The Hall–Kier alpha value is -1.58. The van der Waals surface area contributed by atoms with E-state index in [4.69, 9.17) is 5.73 Å². The van der Waals surface area contributed by atoms with Crippen molar-refractivity contribution >= 4 is 16.7 Å². The predicted molar refractivity (Wildman–Crippen MR) is 52.4 cm³/mol. The summed E-state index contributed by atoms with van der Waals surface area (Å²) in [6.07, 6.45) is 1.77. The average molecular weight is 176 g/mol. The Morgan fingerprint density at radius 3 is 2.92 bits per heavy atom. The maximum absolute atomic E-state index is 5.68. The van der Waals surface area contributed by atoms with Crippen LogP contribution >= 0.6 is 0 Å². The number of hydrogen-bond donors (Lipinski definition) is 2. The molecular formula is C9H12N4. The molecule has 0 aliphatic carbocycles. The summed E-state index contributed by atoms with van der Waals surface area (Å²) in [6.45, 7) is 4.19. The molecule has 0 saturated heterocycles. The van der Waals surface area contributed by atoms with E-state index in [0.29, 0.717) is 11.7 Å². The quantitative estimate of drug-likeness (QED) is 0.694. The first-order chi connectivity index (χ1) is 6.20. The number of rotatable bonds is 1. The van der Waals surface area contributed by atoms with E-state index in [0.717, 1.165) is 16.6 Å². The van der Waals surface area contributed by atoms with Crippen molar-refractivity contribution in [1.29, 1.82) is 0 Å². The second-order valence-electron chi connectivity index (χ2n) is 3.38. The molecule has 4 nitrogen and oxygen atoms in total. The van der Waals surface area contributed by atoms with Crippen molar-refractivity contribution in [3.8, 4) is 0 Å². The third kappa shape index (κ3) is 1.14. The van der Waals surface area contributed by atoms with E-state index in [1.807, 2.05) is 6.07 Å². The molecule has 0 atom stereocenters. The van der Waals surface area contributed by atoms with Gasteiger partial charge in [0, 0.05) is 11.6 Å². The van der Waals surface area contributed by atoms with Gasteiger partial charge in [0.2, 0.25) is 0 Å². The van der Waals surface area contributed by atoms with Gasteiger partial charge in [-0.1, -0.05) is 13.8 Å². The molecule has 2 aromatic heterocycles. The lowest BCUT2D eigenvalue weighted by atomic mass is 10.1. The first-order valence-corrected chi connectivity index (χ1v) is 4.28. The lowest BCUT2D eigenvalue weighted by Gasteiger charge is -2.03. The third-order valence-corrected chi connectivity index (χ3v) is 2.09. The van der Waals surface area contributed by atoms with Crippen LogP contribution in [-0.4, -0.2) is 15.2 Å². The van der Waals surface area contributed by atoms with Crippen LogP contribution in [0.15, 0.2) is 12.3 Å². The Balaban J connectivity index is 2.77. The van der Waals surface area contributed by atoms with Crippen LogP contribution in [-0.2, 0) is 0 Å². The molecule has 2 aromatic rings. The number of fused-ring (bicyclic) bond motifs is 1. The maximum Gasteiger partial charge on any atom is 0.153 e. The highest BCUT2D eigenvalue weighted by molar-refractivity contribution is 5.89. The van der Waals surface area contributed by atoms with Crippen molar-refractivity contribution in [2.45, 2.75) is 19.8 Å². The van der Waals surface area contributed by atoms with E-state index >= 15 is 0 Å². The summed E-state index contributed by atoms with van der Waals surface area (Å²) in [5.74, 6) is 0.919. The van der Waals surface area contributed by atoms with Gasteiger partial charge in [0.05, 0.1) is 11.2 Å². The van der Waals surface area contributed by atoms with Gasteiger partial charge >= 0.3 is 0 Å². The molecule has 0 saturated carbocycles. The largest absolute Gasteiger partial charge is 0.382 e. The molecule has 3 N–H and O–H groups in total. The molecular weight excluding hydrogens is 164 g/mol. The molecule has 2 rings (SSSR count). The minimum Gasteiger partial charge on any atom is -0.382 e. The van der Waals surface area contributed by atoms with Crippen molar-refractivity contribution in [2.75, 3.05) is 5.73 Å². The summed E-state index contributed by atoms with van der Waals surface area (Å²) in [5, 5.41) is 7.81. The minimum absolute atomic E-state index is 0.378. The highest BCUT2D eigenvalue weighted by Crippen LogP contribution is 2.23. The lowest BCUT2D eigenvalue weighted by Crippen LogP contribution is -1.93. The molecule has 0 aliphatic heterocycles. The predicted octanol–water partition coefficient (Wildman–Crippen LogP) is 1.66. The topological polar surface area (TPSA) is 67.6 Å². The van der Waals surface area contributed by atoms with Gasteiger partial charge in [0.15, 0.2) is 5.82 Å². The summed E-state index contributed by atoms with van der Waals surface area (Å²) in [4.78, 5) is 4.29. The Labute approximate surface area is 76.2 Å². The zero-order valence-corrected chi connectivity index (χ0v) is 7.70. The first kappa shape index (κ1) is 8.04. The number of aromatic amines is 1. The second-order valence-corrected chi connectivity index (χ2v) is 3.38. The average Bonchev–Trinajstić information content (AvgIpc) is 2.48. The highest BCUT2D eigenvalue weighted by Gasteiger charge is 2.09. The Morgan fingerprint density at radius 1 is 1.46 bits per heavy atom. The standard InChI is InChI=1S/C9H12N4/c1-5(2)7-8-6(3-4-11-7)9(10)13-12-8/h3-5H,1-2H3,(H3,10,12,13). The summed E-state index contributed by atoms with van der Waals surface area (Å²) < 4.78 is 0. The molecule has 0 unspecified atom stereocenters. The Morgan fingerprint density at radius 2 is 2.23 bits per heavy atom. The van der Waals surface area contributed by atoms with Gasteiger partial charge in [0.1, 0.15) is 0 Å². The van der Waals surface area contributed by atoms with E-state index in [-0.39, 0.29) is 0 Å². The number of hydrogen-bond acceptors (Lipinski definition) is 3. The van der Waals surface area contributed by atoms with Crippen molar-refractivity contribution in [2.24, 2.45) is 0 Å². The number of pyridine rings is 1. The van der Waals surface area contributed by atoms with Crippen molar-refractivity contribution in [1.82, 2.24) is 15.2 Å². The van der Waals surface area contributed by atoms with Crippen LogP contribution in [0.5, 0.6) is 0 Å². The second kappa shape index (κ2) is 2.73. The van der Waals surface area contributed by atoms with Crippen LogP contribution < -0.4 is 5.73 Å². The van der Waals surface area contributed by atoms with Gasteiger partial charge < -0.3 is 5.73 Å². The van der Waals surface area contributed by atoms with Crippen LogP contribution in [0, 0.1) is 0 Å². The van der Waals surface area contributed by atoms with E-state index in [9.17, 15) is 0 Å². The van der Waals surface area contributed by atoms with Gasteiger partial charge in [-0.15, -0.1) is 0 Å². The number of nitrogens with two attached hydrogens (primary N) is 1. The van der Waals surface area contributed by atoms with E-state index in [1.54, 1.807) is 6.20 Å². The molecule has 68 valence electrons. The van der Waals surface area contributed by atoms with Crippen molar-refractivity contribution in [3.05, 3.63) is 18.0 Å². The summed E-state index contributed by atoms with van der Waals surface area (Å²) in [7, 11) is 0. The number of aromatic nitrogens is 3. The van der Waals surface area contributed by atoms with Crippen LogP contribution in [0.1, 0.15) is 25.5 Å². The van der Waals surface area contributed by atoms with Gasteiger partial charge in [-0.25, -0.2) is 0 Å². The lowest BCUT2D eigenvalue weighted by molar-refractivity contribution is 0.829. The molecule has 0 aliphatic rings. The van der Waals surface area contributed by atoms with Gasteiger partial charge in [0.25, 0.3) is 0 Å². The normalized spacial score (nSPS) is 11.3. The van der Waals surface area contributed by atoms with Crippen molar-refractivity contribution in [3.63, 3.8) is 0 Å². The van der Waals surface area contributed by atoms with E-state index in [1.165, 1.54) is 0 Å². The minimum atomic E-state index is 0.378. The first-order valence-electron chi connectivity index (χ1n) is 4.28. The number of anilines is 1. The Bertz CT molecular complexity index is 430. The molecule has 0 spiro atoms. The van der Waals surface area contributed by atoms with E-state index in [2.05, 4.69) is 29.0 Å². The molecule has 13 heavy (non-hydrogen) atoms. The fraction of sp³-hybridized carbons (Fsp3) is 0.333. The van der Waals surface area contributed by atoms with Crippen molar-refractivity contribution < 1.29 is 0 Å². The van der Waals surface area contributed by atoms with Gasteiger partial charge in [-0.2, -0.15) is 5.10 Å². The summed E-state index contributed by atoms with van der Waals surface area (Å²) >= 11 is 0. The smallest absolute Gasteiger partial charge is 0.153 e. The number of nitrogen functional groups attached to an aromatic ring is 1. The number of H-pyrrole nitrogens is 1. The monoisotopic (exact) mass is 176 g/mol. The molecule has 0 bridgehead atoms. The third-order valence-electron chi connectivity index (χ3n) is 2.09. The number of nitrogens with one attached hydrogen (secondary N) is 1. The molecule has 0 radical (unpaired) electrons. The number of nitrogens with zero attached hydrogens (tertiary/aromatic N) is 2. The fourth-order valence-electron chi connectivity index (χ4n) is 1.42. The molecule has 2 heterocycles. The molecule has 0 amide bonds. The summed E-state index contributed by atoms with van der Waals surface area (Å²) in [5.41, 5.74) is 7.64. The molecule has 4 heteroatoms. The zero-order chi connectivity index (χ0) is 9.42. The molecule has 0 aromatic carbocycles. The SMILES string of the molecule is CC(C)c1nccc2c(N)n[nH]c12. The van der Waals surface area contributed by atoms with Gasteiger partial charge in [-0.05, 0) is 12.0 Å².